The quantitative estimate of drug-likeness (QED) is 0.710. The van der Waals surface area contributed by atoms with Gasteiger partial charge in [-0.05, 0) is 38.3 Å². The number of carbonyl (C=O) groups excluding carboxylic acids is 2. The minimum Gasteiger partial charge on any atom is -0.300 e. The summed E-state index contributed by atoms with van der Waals surface area (Å²) in [7, 11) is 0. The van der Waals surface area contributed by atoms with Crippen molar-refractivity contribution in [3.05, 3.63) is 29.1 Å². The predicted molar refractivity (Wildman–Crippen MR) is 67.2 cm³/mol. The summed E-state index contributed by atoms with van der Waals surface area (Å²) in [4.78, 5) is 27.0. The molecule has 0 atom stereocenters. The van der Waals surface area contributed by atoms with Crippen LogP contribution in [0.4, 0.5) is 0 Å². The third-order valence-corrected chi connectivity index (χ3v) is 2.74. The Morgan fingerprint density at radius 2 is 2.00 bits per heavy atom. The topological polar surface area (TPSA) is 47.0 Å². The highest BCUT2D eigenvalue weighted by molar-refractivity contribution is 5.97. The van der Waals surface area contributed by atoms with Gasteiger partial charge in [0.1, 0.15) is 5.78 Å². The summed E-state index contributed by atoms with van der Waals surface area (Å²) in [5.74, 6) is 0.257. The molecule has 0 aliphatic rings. The van der Waals surface area contributed by atoms with Crippen LogP contribution in [-0.2, 0) is 11.2 Å². The van der Waals surface area contributed by atoms with Crippen LogP contribution < -0.4 is 0 Å². The van der Waals surface area contributed by atoms with Gasteiger partial charge in [-0.25, -0.2) is 0 Å². The molecule has 1 rings (SSSR count). The number of rotatable bonds is 6. The van der Waals surface area contributed by atoms with Crippen molar-refractivity contribution in [2.75, 3.05) is 0 Å². The van der Waals surface area contributed by atoms with Crippen LogP contribution in [0.2, 0.25) is 0 Å². The standard InChI is InChI=1S/C14H19NO2/c1-4-12-9-15-10(2)8-13(12)14(17)7-5-6-11(3)16/h8-9H,4-7H2,1-3H3. The minimum atomic E-state index is 0.119. The highest BCUT2D eigenvalue weighted by Gasteiger charge is 2.11. The van der Waals surface area contributed by atoms with Gasteiger partial charge in [-0.2, -0.15) is 0 Å². The van der Waals surface area contributed by atoms with Crippen molar-refractivity contribution in [2.24, 2.45) is 0 Å². The lowest BCUT2D eigenvalue weighted by Crippen LogP contribution is -2.06. The number of hydrogen-bond acceptors (Lipinski definition) is 3. The maximum absolute atomic E-state index is 12.0. The van der Waals surface area contributed by atoms with E-state index in [4.69, 9.17) is 0 Å². The van der Waals surface area contributed by atoms with E-state index in [9.17, 15) is 9.59 Å². The molecule has 1 aromatic rings. The maximum Gasteiger partial charge on any atom is 0.163 e. The van der Waals surface area contributed by atoms with Crippen LogP contribution >= 0.6 is 0 Å². The smallest absolute Gasteiger partial charge is 0.163 e. The fraction of sp³-hybridized carbons (Fsp3) is 0.500. The average molecular weight is 233 g/mol. The molecule has 0 amide bonds. The van der Waals surface area contributed by atoms with Gasteiger partial charge in [-0.1, -0.05) is 6.92 Å². The van der Waals surface area contributed by atoms with Crippen molar-refractivity contribution in [3.8, 4) is 0 Å². The second-order valence-corrected chi connectivity index (χ2v) is 4.32. The number of nitrogens with zero attached hydrogens (tertiary/aromatic N) is 1. The van der Waals surface area contributed by atoms with Gasteiger partial charge in [0, 0.05) is 30.3 Å². The summed E-state index contributed by atoms with van der Waals surface area (Å²) in [6, 6.07) is 1.84. The highest BCUT2D eigenvalue weighted by Crippen LogP contribution is 2.14. The third kappa shape index (κ3) is 4.10. The first kappa shape index (κ1) is 13.6. The van der Waals surface area contributed by atoms with E-state index in [0.717, 1.165) is 23.2 Å². The molecule has 0 aliphatic carbocycles. The van der Waals surface area contributed by atoms with Gasteiger partial charge in [0.15, 0.2) is 5.78 Å². The number of Topliss-reactive ketones (excluding diaryl/α,β-unsaturated/α-hetero) is 2. The molecule has 0 bridgehead atoms. The van der Waals surface area contributed by atoms with Crippen molar-refractivity contribution in [1.29, 1.82) is 0 Å². The SMILES string of the molecule is CCc1cnc(C)cc1C(=O)CCCC(C)=O. The highest BCUT2D eigenvalue weighted by atomic mass is 16.1. The molecule has 17 heavy (non-hydrogen) atoms. The Morgan fingerprint density at radius 3 is 2.59 bits per heavy atom. The summed E-state index contributed by atoms with van der Waals surface area (Å²) in [5, 5.41) is 0. The van der Waals surface area contributed by atoms with E-state index in [2.05, 4.69) is 4.98 Å². The lowest BCUT2D eigenvalue weighted by molar-refractivity contribution is -0.117. The fourth-order valence-electron chi connectivity index (χ4n) is 1.76. The first-order valence-corrected chi connectivity index (χ1v) is 6.02. The van der Waals surface area contributed by atoms with E-state index in [0.29, 0.717) is 19.3 Å². The lowest BCUT2D eigenvalue weighted by Gasteiger charge is -2.07. The van der Waals surface area contributed by atoms with Crippen LogP contribution in [0.1, 0.15) is 54.7 Å². The fourth-order valence-corrected chi connectivity index (χ4v) is 1.76. The first-order chi connectivity index (χ1) is 8.04. The molecule has 3 nitrogen and oxygen atoms in total. The van der Waals surface area contributed by atoms with Gasteiger partial charge in [0.2, 0.25) is 0 Å². The molecule has 0 aliphatic heterocycles. The Balaban J connectivity index is 2.73. The minimum absolute atomic E-state index is 0.119. The van der Waals surface area contributed by atoms with Crippen molar-refractivity contribution in [3.63, 3.8) is 0 Å². The second-order valence-electron chi connectivity index (χ2n) is 4.32. The van der Waals surface area contributed by atoms with Crippen molar-refractivity contribution in [1.82, 2.24) is 4.98 Å². The molecular formula is C14H19NO2. The van der Waals surface area contributed by atoms with Crippen LogP contribution in [0, 0.1) is 6.92 Å². The molecule has 0 N–H and O–H groups in total. The largest absolute Gasteiger partial charge is 0.300 e. The van der Waals surface area contributed by atoms with Crippen molar-refractivity contribution < 1.29 is 9.59 Å². The van der Waals surface area contributed by atoms with E-state index in [1.54, 1.807) is 13.1 Å². The van der Waals surface area contributed by atoms with E-state index in [1.807, 2.05) is 19.9 Å². The Kier molecular flexibility index (Phi) is 5.01. The Morgan fingerprint density at radius 1 is 1.29 bits per heavy atom. The first-order valence-electron chi connectivity index (χ1n) is 6.02. The molecule has 92 valence electrons. The molecule has 1 aromatic heterocycles. The summed E-state index contributed by atoms with van der Waals surface area (Å²) in [5.41, 5.74) is 2.61. The average Bonchev–Trinajstić information content (AvgIpc) is 2.28. The summed E-state index contributed by atoms with van der Waals surface area (Å²) >= 11 is 0. The molecule has 0 fully saturated rings. The van der Waals surface area contributed by atoms with E-state index in [-0.39, 0.29) is 11.6 Å². The molecule has 0 radical (unpaired) electrons. The van der Waals surface area contributed by atoms with Gasteiger partial charge in [-0.3, -0.25) is 9.78 Å². The molecule has 0 spiro atoms. The zero-order valence-corrected chi connectivity index (χ0v) is 10.7. The molecule has 3 heteroatoms. The zero-order chi connectivity index (χ0) is 12.8. The molecule has 0 aromatic carbocycles. The van der Waals surface area contributed by atoms with Crippen LogP contribution in [0.25, 0.3) is 0 Å². The Hall–Kier alpha value is -1.51. The number of carbonyl (C=O) groups is 2. The molecule has 0 unspecified atom stereocenters. The van der Waals surface area contributed by atoms with Gasteiger partial charge in [0.25, 0.3) is 0 Å². The zero-order valence-electron chi connectivity index (χ0n) is 10.7. The summed E-state index contributed by atoms with van der Waals surface area (Å²) in [6.07, 6.45) is 4.14. The lowest BCUT2D eigenvalue weighted by atomic mass is 9.99. The Labute approximate surface area is 102 Å². The molecule has 0 saturated heterocycles. The van der Waals surface area contributed by atoms with Gasteiger partial charge in [-0.15, -0.1) is 0 Å². The van der Waals surface area contributed by atoms with Crippen LogP contribution in [0.3, 0.4) is 0 Å². The van der Waals surface area contributed by atoms with Crippen LogP contribution in [0.5, 0.6) is 0 Å². The third-order valence-electron chi connectivity index (χ3n) is 2.74. The normalized spacial score (nSPS) is 10.3. The molecular weight excluding hydrogens is 214 g/mol. The van der Waals surface area contributed by atoms with Crippen LogP contribution in [0.15, 0.2) is 12.3 Å². The number of aromatic nitrogens is 1. The number of hydrogen-bond donors (Lipinski definition) is 0. The number of ketones is 2. The second kappa shape index (κ2) is 6.28. The van der Waals surface area contributed by atoms with Gasteiger partial charge >= 0.3 is 0 Å². The maximum atomic E-state index is 12.0. The predicted octanol–water partition coefficient (Wildman–Crippen LogP) is 2.89. The molecule has 0 saturated carbocycles. The van der Waals surface area contributed by atoms with E-state index >= 15 is 0 Å². The van der Waals surface area contributed by atoms with E-state index in [1.165, 1.54) is 0 Å². The molecule has 1 heterocycles. The Bertz CT molecular complexity index is 424. The van der Waals surface area contributed by atoms with E-state index < -0.39 is 0 Å². The monoisotopic (exact) mass is 233 g/mol. The van der Waals surface area contributed by atoms with Crippen molar-refractivity contribution in [2.45, 2.75) is 46.5 Å². The van der Waals surface area contributed by atoms with Gasteiger partial charge < -0.3 is 4.79 Å². The number of aryl methyl sites for hydroxylation is 2. The number of pyridine rings is 1. The summed E-state index contributed by atoms with van der Waals surface area (Å²) < 4.78 is 0. The summed E-state index contributed by atoms with van der Waals surface area (Å²) in [6.45, 7) is 5.45. The van der Waals surface area contributed by atoms with Crippen molar-refractivity contribution >= 4 is 11.6 Å². The van der Waals surface area contributed by atoms with Gasteiger partial charge in [0.05, 0.1) is 0 Å². The van der Waals surface area contributed by atoms with Crippen LogP contribution in [-0.4, -0.2) is 16.6 Å².